The molecule has 0 amide bonds. The highest BCUT2D eigenvalue weighted by atomic mass is 35.5. The average Bonchev–Trinajstić information content (AvgIpc) is 2.37. The van der Waals surface area contributed by atoms with Crippen LogP contribution in [0.25, 0.3) is 0 Å². The van der Waals surface area contributed by atoms with Gasteiger partial charge >= 0.3 is 0 Å². The standard InChI is InChI=1S/C14H22ClN3O2S/c1-9-6-11(15)14(7-12(9)16)21(19,20)17-13-4-5-18(3)8-10(13)2/h6-7,10,13,17H,4-5,8,16H2,1-3H3. The summed E-state index contributed by atoms with van der Waals surface area (Å²) < 4.78 is 27.9. The highest BCUT2D eigenvalue weighted by molar-refractivity contribution is 7.89. The number of nitrogens with zero attached hydrogens (tertiary/aromatic N) is 1. The highest BCUT2D eigenvalue weighted by Crippen LogP contribution is 2.28. The van der Waals surface area contributed by atoms with Crippen molar-refractivity contribution >= 4 is 27.3 Å². The molecule has 1 fully saturated rings. The fourth-order valence-corrected chi connectivity index (χ4v) is 4.66. The van der Waals surface area contributed by atoms with Gasteiger partial charge in [0.15, 0.2) is 0 Å². The Hall–Kier alpha value is -0.820. The van der Waals surface area contributed by atoms with E-state index in [-0.39, 0.29) is 21.9 Å². The van der Waals surface area contributed by atoms with E-state index in [4.69, 9.17) is 17.3 Å². The Morgan fingerprint density at radius 1 is 1.43 bits per heavy atom. The Labute approximate surface area is 131 Å². The number of anilines is 1. The smallest absolute Gasteiger partial charge is 0.242 e. The number of nitrogens with one attached hydrogen (secondary N) is 1. The summed E-state index contributed by atoms with van der Waals surface area (Å²) in [5.41, 5.74) is 7.00. The van der Waals surface area contributed by atoms with Gasteiger partial charge in [-0.1, -0.05) is 18.5 Å². The number of piperidine rings is 1. The number of hydrogen-bond acceptors (Lipinski definition) is 4. The Balaban J connectivity index is 2.25. The van der Waals surface area contributed by atoms with E-state index in [1.807, 2.05) is 14.0 Å². The summed E-state index contributed by atoms with van der Waals surface area (Å²) in [5.74, 6) is 0.250. The first-order valence-electron chi connectivity index (χ1n) is 6.97. The molecule has 2 unspecified atom stereocenters. The van der Waals surface area contributed by atoms with Crippen molar-refractivity contribution in [3.05, 3.63) is 22.7 Å². The zero-order chi connectivity index (χ0) is 15.8. The molecule has 0 spiro atoms. The monoisotopic (exact) mass is 331 g/mol. The molecule has 3 N–H and O–H groups in total. The maximum absolute atomic E-state index is 12.5. The number of rotatable bonds is 3. The van der Waals surface area contributed by atoms with E-state index in [0.717, 1.165) is 25.1 Å². The lowest BCUT2D eigenvalue weighted by molar-refractivity contribution is 0.188. The van der Waals surface area contributed by atoms with Crippen molar-refractivity contribution < 1.29 is 8.42 Å². The predicted octanol–water partition coefficient (Wildman–Crippen LogP) is 1.85. The number of aryl methyl sites for hydroxylation is 1. The molecule has 1 aliphatic rings. The average molecular weight is 332 g/mol. The fraction of sp³-hybridized carbons (Fsp3) is 0.571. The molecule has 2 atom stereocenters. The molecule has 118 valence electrons. The van der Waals surface area contributed by atoms with Crippen molar-refractivity contribution in [2.45, 2.75) is 31.2 Å². The third-order valence-electron chi connectivity index (χ3n) is 4.02. The molecule has 7 heteroatoms. The van der Waals surface area contributed by atoms with E-state index >= 15 is 0 Å². The summed E-state index contributed by atoms with van der Waals surface area (Å²) in [5, 5.41) is 0.204. The van der Waals surface area contributed by atoms with Crippen molar-refractivity contribution in [2.75, 3.05) is 25.9 Å². The van der Waals surface area contributed by atoms with Gasteiger partial charge in [-0.2, -0.15) is 0 Å². The van der Waals surface area contributed by atoms with Gasteiger partial charge in [0.2, 0.25) is 10.0 Å². The molecule has 1 aliphatic heterocycles. The number of likely N-dealkylation sites (tertiary alicyclic amines) is 1. The second-order valence-corrected chi connectivity index (χ2v) is 7.98. The normalized spacial score (nSPS) is 24.2. The van der Waals surface area contributed by atoms with Crippen LogP contribution < -0.4 is 10.5 Å². The lowest BCUT2D eigenvalue weighted by Gasteiger charge is -2.35. The molecular weight excluding hydrogens is 310 g/mol. The number of nitrogen functional groups attached to an aromatic ring is 1. The lowest BCUT2D eigenvalue weighted by atomic mass is 9.95. The molecule has 1 heterocycles. The molecule has 21 heavy (non-hydrogen) atoms. The minimum absolute atomic E-state index is 0.0541. The fourth-order valence-electron chi connectivity index (χ4n) is 2.67. The van der Waals surface area contributed by atoms with Crippen LogP contribution >= 0.6 is 11.6 Å². The van der Waals surface area contributed by atoms with Gasteiger partial charge in [-0.05, 0) is 50.6 Å². The van der Waals surface area contributed by atoms with Crippen molar-refractivity contribution in [2.24, 2.45) is 5.92 Å². The van der Waals surface area contributed by atoms with Crippen LogP contribution in [0.5, 0.6) is 0 Å². The van der Waals surface area contributed by atoms with E-state index in [1.54, 1.807) is 13.0 Å². The van der Waals surface area contributed by atoms with Crippen molar-refractivity contribution in [3.63, 3.8) is 0 Å². The summed E-state index contributed by atoms with van der Waals surface area (Å²) >= 11 is 6.08. The van der Waals surface area contributed by atoms with Gasteiger partial charge in [0.1, 0.15) is 4.90 Å². The van der Waals surface area contributed by atoms with Crippen LogP contribution in [-0.2, 0) is 10.0 Å². The minimum atomic E-state index is -3.66. The summed E-state index contributed by atoms with van der Waals surface area (Å²) in [6.45, 7) is 5.59. The summed E-state index contributed by atoms with van der Waals surface area (Å²) in [6, 6.07) is 2.94. The molecule has 1 aromatic rings. The molecule has 1 saturated heterocycles. The topological polar surface area (TPSA) is 75.4 Å². The predicted molar refractivity (Wildman–Crippen MR) is 86.0 cm³/mol. The van der Waals surface area contributed by atoms with Crippen LogP contribution in [0, 0.1) is 12.8 Å². The summed E-state index contributed by atoms with van der Waals surface area (Å²) in [7, 11) is -1.62. The molecule has 0 saturated carbocycles. The summed E-state index contributed by atoms with van der Waals surface area (Å²) in [4.78, 5) is 2.25. The van der Waals surface area contributed by atoms with Gasteiger partial charge in [0, 0.05) is 18.3 Å². The number of sulfonamides is 1. The molecule has 2 rings (SSSR count). The first-order chi connectivity index (χ1) is 9.70. The third kappa shape index (κ3) is 3.69. The molecular formula is C14H22ClN3O2S. The van der Waals surface area contributed by atoms with Crippen LogP contribution in [0.2, 0.25) is 5.02 Å². The third-order valence-corrected chi connectivity index (χ3v) is 5.98. The quantitative estimate of drug-likeness (QED) is 0.829. The highest BCUT2D eigenvalue weighted by Gasteiger charge is 2.29. The number of nitrogens with two attached hydrogens (primary N) is 1. The van der Waals surface area contributed by atoms with E-state index in [2.05, 4.69) is 9.62 Å². The second-order valence-electron chi connectivity index (χ2n) is 5.90. The zero-order valence-electron chi connectivity index (χ0n) is 12.6. The first-order valence-corrected chi connectivity index (χ1v) is 8.83. The van der Waals surface area contributed by atoms with Crippen molar-refractivity contribution in [3.8, 4) is 0 Å². The van der Waals surface area contributed by atoms with E-state index in [1.165, 1.54) is 6.07 Å². The van der Waals surface area contributed by atoms with Crippen molar-refractivity contribution in [1.82, 2.24) is 9.62 Å². The van der Waals surface area contributed by atoms with Crippen LogP contribution in [0.15, 0.2) is 17.0 Å². The molecule has 1 aromatic carbocycles. The Kier molecular flexibility index (Phi) is 4.82. The first kappa shape index (κ1) is 16.5. The lowest BCUT2D eigenvalue weighted by Crippen LogP contribution is -2.48. The van der Waals surface area contributed by atoms with E-state index < -0.39 is 10.0 Å². The van der Waals surface area contributed by atoms with Gasteiger partial charge in [0.25, 0.3) is 0 Å². The van der Waals surface area contributed by atoms with Gasteiger partial charge < -0.3 is 10.6 Å². The van der Waals surface area contributed by atoms with E-state index in [0.29, 0.717) is 5.69 Å². The van der Waals surface area contributed by atoms with Gasteiger partial charge in [-0.25, -0.2) is 13.1 Å². The Bertz CT molecular complexity index is 633. The molecule has 5 nitrogen and oxygen atoms in total. The SMILES string of the molecule is Cc1cc(Cl)c(S(=O)(=O)NC2CCN(C)CC2C)cc1N. The second kappa shape index (κ2) is 6.12. The van der Waals surface area contributed by atoms with Gasteiger partial charge in [0.05, 0.1) is 5.02 Å². The number of halogens is 1. The Morgan fingerprint density at radius 3 is 2.71 bits per heavy atom. The molecule has 0 radical (unpaired) electrons. The van der Waals surface area contributed by atoms with Crippen LogP contribution in [-0.4, -0.2) is 39.5 Å². The van der Waals surface area contributed by atoms with Gasteiger partial charge in [-0.3, -0.25) is 0 Å². The molecule has 0 bridgehead atoms. The number of hydrogen-bond donors (Lipinski definition) is 2. The molecule has 0 aromatic heterocycles. The van der Waals surface area contributed by atoms with Crippen LogP contribution in [0.3, 0.4) is 0 Å². The number of benzene rings is 1. The largest absolute Gasteiger partial charge is 0.398 e. The maximum Gasteiger partial charge on any atom is 0.242 e. The minimum Gasteiger partial charge on any atom is -0.398 e. The van der Waals surface area contributed by atoms with Crippen LogP contribution in [0.1, 0.15) is 18.9 Å². The van der Waals surface area contributed by atoms with Crippen LogP contribution in [0.4, 0.5) is 5.69 Å². The summed E-state index contributed by atoms with van der Waals surface area (Å²) in [6.07, 6.45) is 0.788. The Morgan fingerprint density at radius 2 is 2.10 bits per heavy atom. The van der Waals surface area contributed by atoms with E-state index in [9.17, 15) is 8.42 Å². The van der Waals surface area contributed by atoms with Crippen molar-refractivity contribution in [1.29, 1.82) is 0 Å². The molecule has 0 aliphatic carbocycles. The van der Waals surface area contributed by atoms with Gasteiger partial charge in [-0.15, -0.1) is 0 Å². The maximum atomic E-state index is 12.5. The zero-order valence-corrected chi connectivity index (χ0v) is 14.1.